The molecule has 1 N–H and O–H groups in total. The molecule has 0 atom stereocenters. The third-order valence-electron chi connectivity index (χ3n) is 2.65. The fraction of sp³-hybridized carbons (Fsp3) is 0.125. The number of para-hydroxylation sites is 1. The number of benzene rings is 2. The highest BCUT2D eigenvalue weighted by Crippen LogP contribution is 2.21. The third kappa shape index (κ3) is 3.90. The number of esters is 2. The first-order valence-electron chi connectivity index (χ1n) is 6.29. The lowest BCUT2D eigenvalue weighted by Crippen LogP contribution is -2.12. The molecule has 2 aromatic carbocycles. The fourth-order valence-corrected chi connectivity index (χ4v) is 1.75. The maximum absolute atomic E-state index is 12.1. The van der Waals surface area contributed by atoms with Crippen LogP contribution in [-0.2, 0) is 11.4 Å². The van der Waals surface area contributed by atoms with Crippen molar-refractivity contribution in [1.29, 1.82) is 0 Å². The number of aliphatic hydroxyl groups is 1. The summed E-state index contributed by atoms with van der Waals surface area (Å²) in [6.45, 7) is 1.11. The Morgan fingerprint density at radius 2 is 1.81 bits per heavy atom. The van der Waals surface area contributed by atoms with E-state index >= 15 is 0 Å². The van der Waals surface area contributed by atoms with Gasteiger partial charge in [-0.3, -0.25) is 4.79 Å². The van der Waals surface area contributed by atoms with Crippen LogP contribution < -0.4 is 9.47 Å². The molecule has 5 heteroatoms. The molecule has 0 aliphatic heterocycles. The van der Waals surface area contributed by atoms with Crippen molar-refractivity contribution in [2.75, 3.05) is 0 Å². The average molecular weight is 286 g/mol. The third-order valence-corrected chi connectivity index (χ3v) is 2.65. The van der Waals surface area contributed by atoms with Crippen LogP contribution >= 0.6 is 0 Å². The monoisotopic (exact) mass is 286 g/mol. The predicted molar refractivity (Wildman–Crippen MR) is 75.1 cm³/mol. The molecule has 0 saturated carbocycles. The van der Waals surface area contributed by atoms with Gasteiger partial charge in [0.1, 0.15) is 17.1 Å². The van der Waals surface area contributed by atoms with Crippen molar-refractivity contribution < 1.29 is 24.2 Å². The molecular weight excluding hydrogens is 272 g/mol. The normalized spacial score (nSPS) is 10.0. The van der Waals surface area contributed by atoms with Gasteiger partial charge in [-0.15, -0.1) is 0 Å². The Balaban J connectivity index is 2.22. The Kier molecular flexibility index (Phi) is 4.68. The van der Waals surface area contributed by atoms with E-state index in [1.807, 2.05) is 0 Å². The summed E-state index contributed by atoms with van der Waals surface area (Å²) in [4.78, 5) is 23.2. The van der Waals surface area contributed by atoms with Crippen molar-refractivity contribution in [2.45, 2.75) is 13.5 Å². The number of rotatable bonds is 4. The Labute approximate surface area is 121 Å². The SMILES string of the molecule is CC(=O)Oc1ccccc1C(=O)Oc1cccc(CO)c1. The molecule has 0 bridgehead atoms. The first kappa shape index (κ1) is 14.7. The molecule has 0 spiro atoms. The minimum absolute atomic E-state index is 0.143. The van der Waals surface area contributed by atoms with Crippen LogP contribution in [-0.4, -0.2) is 17.0 Å². The second kappa shape index (κ2) is 6.67. The van der Waals surface area contributed by atoms with E-state index in [1.165, 1.54) is 19.1 Å². The molecule has 108 valence electrons. The van der Waals surface area contributed by atoms with E-state index in [1.54, 1.807) is 36.4 Å². The molecule has 0 aliphatic rings. The van der Waals surface area contributed by atoms with Gasteiger partial charge in [-0.25, -0.2) is 4.79 Å². The number of aliphatic hydroxyl groups excluding tert-OH is 1. The first-order valence-corrected chi connectivity index (χ1v) is 6.29. The molecule has 2 rings (SSSR count). The van der Waals surface area contributed by atoms with E-state index in [4.69, 9.17) is 14.6 Å². The molecule has 5 nitrogen and oxygen atoms in total. The molecule has 0 unspecified atom stereocenters. The largest absolute Gasteiger partial charge is 0.426 e. The van der Waals surface area contributed by atoms with Gasteiger partial charge in [-0.1, -0.05) is 24.3 Å². The zero-order valence-electron chi connectivity index (χ0n) is 11.4. The highest BCUT2D eigenvalue weighted by molar-refractivity contribution is 5.94. The summed E-state index contributed by atoms with van der Waals surface area (Å²) >= 11 is 0. The molecule has 21 heavy (non-hydrogen) atoms. The second-order valence-corrected chi connectivity index (χ2v) is 4.28. The van der Waals surface area contributed by atoms with Gasteiger partial charge in [0.2, 0.25) is 0 Å². The zero-order valence-corrected chi connectivity index (χ0v) is 11.4. The minimum atomic E-state index is -0.637. The van der Waals surface area contributed by atoms with Gasteiger partial charge in [0, 0.05) is 6.92 Å². The van der Waals surface area contributed by atoms with Crippen molar-refractivity contribution in [2.24, 2.45) is 0 Å². The van der Waals surface area contributed by atoms with Gasteiger partial charge in [-0.05, 0) is 29.8 Å². The minimum Gasteiger partial charge on any atom is -0.426 e. The maximum Gasteiger partial charge on any atom is 0.347 e. The van der Waals surface area contributed by atoms with Crippen LogP contribution in [0.3, 0.4) is 0 Å². The molecule has 0 radical (unpaired) electrons. The van der Waals surface area contributed by atoms with Crippen LogP contribution in [0.2, 0.25) is 0 Å². The molecule has 0 saturated heterocycles. The van der Waals surface area contributed by atoms with Gasteiger partial charge in [0.25, 0.3) is 0 Å². The maximum atomic E-state index is 12.1. The molecule has 0 amide bonds. The number of hydrogen-bond acceptors (Lipinski definition) is 5. The average Bonchev–Trinajstić information content (AvgIpc) is 2.47. The number of carbonyl (C=O) groups excluding carboxylic acids is 2. The molecule has 0 fully saturated rings. The number of carbonyl (C=O) groups is 2. The number of hydrogen-bond donors (Lipinski definition) is 1. The highest BCUT2D eigenvalue weighted by Gasteiger charge is 2.15. The summed E-state index contributed by atoms with van der Waals surface area (Å²) in [5.74, 6) is -0.697. The van der Waals surface area contributed by atoms with E-state index < -0.39 is 11.9 Å². The predicted octanol–water partition coefficient (Wildman–Crippen LogP) is 2.32. The van der Waals surface area contributed by atoms with Crippen LogP contribution in [0, 0.1) is 0 Å². The standard InChI is InChI=1S/C16H14O5/c1-11(18)20-15-8-3-2-7-14(15)16(19)21-13-6-4-5-12(9-13)10-17/h2-9,17H,10H2,1H3. The first-order chi connectivity index (χ1) is 10.1. The summed E-state index contributed by atoms with van der Waals surface area (Å²) in [5.41, 5.74) is 0.788. The van der Waals surface area contributed by atoms with Gasteiger partial charge in [0.15, 0.2) is 0 Å². The van der Waals surface area contributed by atoms with Crippen molar-refractivity contribution in [3.05, 3.63) is 59.7 Å². The number of ether oxygens (including phenoxy) is 2. The Morgan fingerprint density at radius 3 is 2.52 bits per heavy atom. The summed E-state index contributed by atoms with van der Waals surface area (Å²) in [5, 5.41) is 9.06. The van der Waals surface area contributed by atoms with E-state index in [0.29, 0.717) is 11.3 Å². The van der Waals surface area contributed by atoms with Gasteiger partial charge < -0.3 is 14.6 Å². The summed E-state index contributed by atoms with van der Waals surface area (Å²) in [6.07, 6.45) is 0. The summed E-state index contributed by atoms with van der Waals surface area (Å²) in [6, 6.07) is 12.9. The smallest absolute Gasteiger partial charge is 0.347 e. The van der Waals surface area contributed by atoms with Crippen LogP contribution in [0.4, 0.5) is 0 Å². The lowest BCUT2D eigenvalue weighted by Gasteiger charge is -2.09. The highest BCUT2D eigenvalue weighted by atomic mass is 16.5. The topological polar surface area (TPSA) is 72.8 Å². The van der Waals surface area contributed by atoms with Gasteiger partial charge >= 0.3 is 11.9 Å². The van der Waals surface area contributed by atoms with E-state index in [2.05, 4.69) is 0 Å². The van der Waals surface area contributed by atoms with Crippen molar-refractivity contribution >= 4 is 11.9 Å². The molecule has 0 aliphatic carbocycles. The second-order valence-electron chi connectivity index (χ2n) is 4.28. The van der Waals surface area contributed by atoms with Gasteiger partial charge in [0.05, 0.1) is 6.61 Å². The molecule has 0 aromatic heterocycles. The van der Waals surface area contributed by atoms with Crippen LogP contribution in [0.15, 0.2) is 48.5 Å². The van der Waals surface area contributed by atoms with Crippen molar-refractivity contribution in [1.82, 2.24) is 0 Å². The summed E-state index contributed by atoms with van der Waals surface area (Å²) < 4.78 is 10.2. The lowest BCUT2D eigenvalue weighted by molar-refractivity contribution is -0.131. The Bertz CT molecular complexity index is 663. The molecular formula is C16H14O5. The quantitative estimate of drug-likeness (QED) is 0.689. The zero-order chi connectivity index (χ0) is 15.2. The van der Waals surface area contributed by atoms with Gasteiger partial charge in [-0.2, -0.15) is 0 Å². The van der Waals surface area contributed by atoms with Crippen LogP contribution in [0.5, 0.6) is 11.5 Å². The van der Waals surface area contributed by atoms with E-state index in [0.717, 1.165) is 0 Å². The van der Waals surface area contributed by atoms with Crippen LogP contribution in [0.1, 0.15) is 22.8 Å². The lowest BCUT2D eigenvalue weighted by atomic mass is 10.2. The Morgan fingerprint density at radius 1 is 1.05 bits per heavy atom. The van der Waals surface area contributed by atoms with Crippen LogP contribution in [0.25, 0.3) is 0 Å². The van der Waals surface area contributed by atoms with E-state index in [-0.39, 0.29) is 17.9 Å². The fourth-order valence-electron chi connectivity index (χ4n) is 1.75. The molecule has 2 aromatic rings. The summed E-state index contributed by atoms with van der Waals surface area (Å²) in [7, 11) is 0. The molecule has 0 heterocycles. The van der Waals surface area contributed by atoms with E-state index in [9.17, 15) is 9.59 Å². The van der Waals surface area contributed by atoms with Crippen molar-refractivity contribution in [3.8, 4) is 11.5 Å². The Hall–Kier alpha value is -2.66. The van der Waals surface area contributed by atoms with Crippen molar-refractivity contribution in [3.63, 3.8) is 0 Å².